The van der Waals surface area contributed by atoms with E-state index >= 15 is 0 Å². The third kappa shape index (κ3) is 4.51. The molecular weight excluding hydrogens is 374 g/mol. The van der Waals surface area contributed by atoms with Gasteiger partial charge in [0.15, 0.2) is 6.61 Å². The summed E-state index contributed by atoms with van der Waals surface area (Å²) in [4.78, 5) is 16.6. The zero-order valence-corrected chi connectivity index (χ0v) is 17.3. The topological polar surface area (TPSA) is 56.1 Å². The molecule has 0 atom stereocenters. The van der Waals surface area contributed by atoms with Crippen molar-refractivity contribution in [2.24, 2.45) is 0 Å². The van der Waals surface area contributed by atoms with Gasteiger partial charge in [0.05, 0.1) is 17.4 Å². The summed E-state index contributed by atoms with van der Waals surface area (Å²) >= 11 is 0. The van der Waals surface area contributed by atoms with Gasteiger partial charge in [-0.2, -0.15) is 0 Å². The summed E-state index contributed by atoms with van der Waals surface area (Å²) in [5.74, 6) is 0.649. The standard InChI is InChI=1S/C25H25N3O2/c1-18-6-5-7-19(2)25(18)30-16-24(29)26-14-20-10-12-21(13-11-20)15-28-17-27-22-8-3-4-9-23(22)28/h3-13,17H,14-16H2,1-2H3,(H,26,29). The van der Waals surface area contributed by atoms with Gasteiger partial charge < -0.3 is 14.6 Å². The lowest BCUT2D eigenvalue weighted by Gasteiger charge is -2.12. The van der Waals surface area contributed by atoms with Crippen LogP contribution in [0.2, 0.25) is 0 Å². The molecular formula is C25H25N3O2. The molecule has 0 aliphatic rings. The number of hydrogen-bond donors (Lipinski definition) is 1. The van der Waals surface area contributed by atoms with Crippen molar-refractivity contribution in [3.63, 3.8) is 0 Å². The first-order chi connectivity index (χ1) is 14.6. The van der Waals surface area contributed by atoms with Crippen LogP contribution < -0.4 is 10.1 Å². The first-order valence-electron chi connectivity index (χ1n) is 10.0. The summed E-state index contributed by atoms with van der Waals surface area (Å²) in [5.41, 5.74) is 6.42. The summed E-state index contributed by atoms with van der Waals surface area (Å²) in [6.07, 6.45) is 1.87. The molecule has 5 nitrogen and oxygen atoms in total. The molecule has 30 heavy (non-hydrogen) atoms. The van der Waals surface area contributed by atoms with Crippen molar-refractivity contribution in [2.75, 3.05) is 6.61 Å². The largest absolute Gasteiger partial charge is 0.483 e. The fourth-order valence-electron chi connectivity index (χ4n) is 3.51. The number of ether oxygens (including phenoxy) is 1. The van der Waals surface area contributed by atoms with Gasteiger partial charge in [-0.1, -0.05) is 54.6 Å². The fraction of sp³-hybridized carbons (Fsp3) is 0.200. The van der Waals surface area contributed by atoms with Crippen molar-refractivity contribution in [1.29, 1.82) is 0 Å². The Labute approximate surface area is 176 Å². The first kappa shape index (κ1) is 19.7. The van der Waals surface area contributed by atoms with Crippen LogP contribution in [-0.2, 0) is 17.9 Å². The van der Waals surface area contributed by atoms with Crippen molar-refractivity contribution in [2.45, 2.75) is 26.9 Å². The minimum absolute atomic E-state index is 0.0114. The van der Waals surface area contributed by atoms with Gasteiger partial charge in [-0.25, -0.2) is 4.98 Å². The van der Waals surface area contributed by atoms with Gasteiger partial charge in [0.25, 0.3) is 5.91 Å². The van der Waals surface area contributed by atoms with Crippen molar-refractivity contribution < 1.29 is 9.53 Å². The highest BCUT2D eigenvalue weighted by molar-refractivity contribution is 5.77. The van der Waals surface area contributed by atoms with Gasteiger partial charge in [-0.05, 0) is 48.2 Å². The van der Waals surface area contributed by atoms with Crippen molar-refractivity contribution in [1.82, 2.24) is 14.9 Å². The van der Waals surface area contributed by atoms with E-state index in [9.17, 15) is 4.79 Å². The van der Waals surface area contributed by atoms with Crippen LogP contribution in [0.15, 0.2) is 73.1 Å². The minimum atomic E-state index is -0.133. The Kier molecular flexibility index (Phi) is 5.80. The number of fused-ring (bicyclic) bond motifs is 1. The zero-order valence-electron chi connectivity index (χ0n) is 17.3. The maximum Gasteiger partial charge on any atom is 0.258 e. The normalized spacial score (nSPS) is 10.9. The molecule has 0 radical (unpaired) electrons. The number of para-hydroxylation sites is 3. The van der Waals surface area contributed by atoms with Gasteiger partial charge >= 0.3 is 0 Å². The fourth-order valence-corrected chi connectivity index (χ4v) is 3.51. The predicted octanol–water partition coefficient (Wildman–Crippen LogP) is 4.40. The molecule has 4 rings (SSSR count). The van der Waals surface area contributed by atoms with Gasteiger partial charge in [0.1, 0.15) is 5.75 Å². The van der Waals surface area contributed by atoms with E-state index in [1.54, 1.807) is 0 Å². The monoisotopic (exact) mass is 399 g/mol. The molecule has 0 unspecified atom stereocenters. The molecule has 0 saturated heterocycles. The second-order valence-corrected chi connectivity index (χ2v) is 7.46. The Morgan fingerprint density at radius 3 is 2.40 bits per heavy atom. The van der Waals surface area contributed by atoms with Crippen molar-refractivity contribution in [3.05, 3.63) is 95.3 Å². The summed E-state index contributed by atoms with van der Waals surface area (Å²) in [5, 5.41) is 2.92. The Balaban J connectivity index is 1.30. The van der Waals surface area contributed by atoms with E-state index < -0.39 is 0 Å². The highest BCUT2D eigenvalue weighted by Crippen LogP contribution is 2.22. The molecule has 5 heteroatoms. The Bertz CT molecular complexity index is 1140. The molecule has 1 aromatic heterocycles. The first-order valence-corrected chi connectivity index (χ1v) is 10.0. The minimum Gasteiger partial charge on any atom is -0.483 e. The smallest absolute Gasteiger partial charge is 0.258 e. The van der Waals surface area contributed by atoms with Gasteiger partial charge in [-0.15, -0.1) is 0 Å². The molecule has 0 bridgehead atoms. The summed E-state index contributed by atoms with van der Waals surface area (Å²) in [6, 6.07) is 22.3. The average molecular weight is 399 g/mol. The molecule has 1 N–H and O–H groups in total. The van der Waals surface area contributed by atoms with Crippen LogP contribution in [0.1, 0.15) is 22.3 Å². The van der Waals surface area contributed by atoms with Gasteiger partial charge in [0.2, 0.25) is 0 Å². The second kappa shape index (κ2) is 8.82. The lowest BCUT2D eigenvalue weighted by atomic mass is 10.1. The average Bonchev–Trinajstić information content (AvgIpc) is 3.16. The van der Waals surface area contributed by atoms with Gasteiger partial charge in [0, 0.05) is 13.1 Å². The zero-order chi connectivity index (χ0) is 20.9. The highest BCUT2D eigenvalue weighted by atomic mass is 16.5. The molecule has 1 heterocycles. The van der Waals surface area contributed by atoms with E-state index in [-0.39, 0.29) is 12.5 Å². The number of nitrogens with zero attached hydrogens (tertiary/aromatic N) is 2. The van der Waals surface area contributed by atoms with Crippen LogP contribution in [-0.4, -0.2) is 22.1 Å². The number of rotatable bonds is 7. The van der Waals surface area contributed by atoms with Crippen LogP contribution in [0, 0.1) is 13.8 Å². The van der Waals surface area contributed by atoms with Gasteiger partial charge in [-0.3, -0.25) is 4.79 Å². The number of nitrogens with one attached hydrogen (secondary N) is 1. The predicted molar refractivity (Wildman–Crippen MR) is 119 cm³/mol. The number of hydrogen-bond acceptors (Lipinski definition) is 3. The van der Waals surface area contributed by atoms with Crippen LogP contribution in [0.4, 0.5) is 0 Å². The summed E-state index contributed by atoms with van der Waals surface area (Å²) in [7, 11) is 0. The second-order valence-electron chi connectivity index (χ2n) is 7.46. The maximum absolute atomic E-state index is 12.2. The number of amides is 1. The number of carbonyl (C=O) groups is 1. The molecule has 0 saturated carbocycles. The summed E-state index contributed by atoms with van der Waals surface area (Å²) < 4.78 is 7.85. The lowest BCUT2D eigenvalue weighted by molar-refractivity contribution is -0.123. The third-order valence-electron chi connectivity index (χ3n) is 5.15. The van der Waals surface area contributed by atoms with Crippen LogP contribution in [0.25, 0.3) is 11.0 Å². The molecule has 0 spiro atoms. The van der Waals surface area contributed by atoms with Crippen LogP contribution in [0.5, 0.6) is 5.75 Å². The molecule has 1 amide bonds. The Morgan fingerprint density at radius 1 is 0.933 bits per heavy atom. The molecule has 4 aromatic rings. The van der Waals surface area contributed by atoms with E-state index in [0.717, 1.165) is 40.0 Å². The Morgan fingerprint density at radius 2 is 1.63 bits per heavy atom. The maximum atomic E-state index is 12.2. The molecule has 152 valence electrons. The van der Waals surface area contributed by atoms with E-state index in [4.69, 9.17) is 4.74 Å². The Hall–Kier alpha value is -3.60. The van der Waals surface area contributed by atoms with Crippen molar-refractivity contribution >= 4 is 16.9 Å². The van der Waals surface area contributed by atoms with E-state index in [0.29, 0.717) is 6.54 Å². The highest BCUT2D eigenvalue weighted by Gasteiger charge is 2.07. The van der Waals surface area contributed by atoms with E-state index in [1.807, 2.05) is 68.7 Å². The third-order valence-corrected chi connectivity index (χ3v) is 5.15. The molecule has 0 aliphatic heterocycles. The number of benzene rings is 3. The summed E-state index contributed by atoms with van der Waals surface area (Å²) in [6.45, 7) is 5.21. The number of aromatic nitrogens is 2. The number of imidazole rings is 1. The van der Waals surface area contributed by atoms with E-state index in [2.05, 4.69) is 33.1 Å². The SMILES string of the molecule is Cc1cccc(C)c1OCC(=O)NCc1ccc(Cn2cnc3ccccc32)cc1. The lowest BCUT2D eigenvalue weighted by Crippen LogP contribution is -2.28. The number of aryl methyl sites for hydroxylation is 2. The molecule has 3 aromatic carbocycles. The number of carbonyl (C=O) groups excluding carboxylic acids is 1. The molecule has 0 fully saturated rings. The van der Waals surface area contributed by atoms with Crippen LogP contribution in [0.3, 0.4) is 0 Å². The quantitative estimate of drug-likeness (QED) is 0.501. The molecule has 0 aliphatic carbocycles. The van der Waals surface area contributed by atoms with Crippen LogP contribution >= 0.6 is 0 Å². The van der Waals surface area contributed by atoms with E-state index in [1.165, 1.54) is 5.56 Å². The van der Waals surface area contributed by atoms with Crippen molar-refractivity contribution in [3.8, 4) is 5.75 Å².